The first-order valence-electron chi connectivity index (χ1n) is 10.1. The molecule has 1 N–H and O–H groups in total. The molecular formula is C24H24FNO3S. The number of allylic oxidation sites excluding steroid dienone is 3. The van der Waals surface area contributed by atoms with Gasteiger partial charge in [0.05, 0.1) is 11.7 Å². The molecule has 1 aliphatic carbocycles. The number of esters is 1. The summed E-state index contributed by atoms with van der Waals surface area (Å²) < 4.78 is 19.1. The number of halogens is 1. The highest BCUT2D eigenvalue weighted by Gasteiger charge is 2.41. The van der Waals surface area contributed by atoms with Gasteiger partial charge < -0.3 is 10.1 Å². The van der Waals surface area contributed by atoms with Crippen molar-refractivity contribution in [2.75, 3.05) is 0 Å². The van der Waals surface area contributed by atoms with Gasteiger partial charge in [-0.1, -0.05) is 18.2 Å². The van der Waals surface area contributed by atoms with Gasteiger partial charge in [0.1, 0.15) is 5.82 Å². The molecule has 2 atom stereocenters. The molecule has 4 rings (SSSR count). The van der Waals surface area contributed by atoms with Gasteiger partial charge in [-0.05, 0) is 56.3 Å². The van der Waals surface area contributed by atoms with Crippen molar-refractivity contribution >= 4 is 23.1 Å². The normalized spacial score (nSPS) is 21.6. The zero-order chi connectivity index (χ0) is 21.4. The first kappa shape index (κ1) is 20.5. The van der Waals surface area contributed by atoms with Crippen LogP contribution in [-0.2, 0) is 14.3 Å². The summed E-state index contributed by atoms with van der Waals surface area (Å²) in [6.45, 7) is 5.41. The molecule has 0 fully saturated rings. The lowest BCUT2D eigenvalue weighted by Crippen LogP contribution is -2.36. The van der Waals surface area contributed by atoms with E-state index in [4.69, 9.17) is 4.74 Å². The topological polar surface area (TPSA) is 55.4 Å². The van der Waals surface area contributed by atoms with Gasteiger partial charge >= 0.3 is 5.97 Å². The van der Waals surface area contributed by atoms with Gasteiger partial charge in [0, 0.05) is 40.1 Å². The molecule has 4 nitrogen and oxygen atoms in total. The number of ketones is 1. The summed E-state index contributed by atoms with van der Waals surface area (Å²) in [7, 11) is 0. The quantitative estimate of drug-likeness (QED) is 0.684. The maximum Gasteiger partial charge on any atom is 0.337 e. The van der Waals surface area contributed by atoms with Gasteiger partial charge in [-0.15, -0.1) is 11.3 Å². The predicted molar refractivity (Wildman–Crippen MR) is 115 cm³/mol. The number of hydrogen-bond acceptors (Lipinski definition) is 5. The average molecular weight is 426 g/mol. The molecule has 2 aromatic rings. The Balaban J connectivity index is 1.80. The van der Waals surface area contributed by atoms with E-state index in [0.717, 1.165) is 5.70 Å². The predicted octanol–water partition coefficient (Wildman–Crippen LogP) is 5.20. The van der Waals surface area contributed by atoms with Crippen molar-refractivity contribution in [1.82, 2.24) is 5.32 Å². The standard InChI is InChI=1S/C24H24FNO3S/c1-13(2)29-24(28)21-14(3)26-18-11-16(20-5-4-10-30-20)12-19(27)23(18)22(21)15-6-8-17(25)9-7-15/h4-10,13,16,22,26H,11-12H2,1-3H3. The average Bonchev–Trinajstić information content (AvgIpc) is 3.21. The van der Waals surface area contributed by atoms with Crippen molar-refractivity contribution in [3.05, 3.63) is 80.6 Å². The minimum atomic E-state index is -0.565. The number of nitrogens with one attached hydrogen (secondary N) is 1. The van der Waals surface area contributed by atoms with Crippen molar-refractivity contribution in [3.63, 3.8) is 0 Å². The van der Waals surface area contributed by atoms with Crippen LogP contribution in [-0.4, -0.2) is 17.9 Å². The Labute approximate surface area is 179 Å². The van der Waals surface area contributed by atoms with E-state index in [0.29, 0.717) is 35.2 Å². The molecule has 0 spiro atoms. The number of carbonyl (C=O) groups is 2. The lowest BCUT2D eigenvalue weighted by molar-refractivity contribution is -0.143. The first-order valence-corrected chi connectivity index (χ1v) is 11.0. The van der Waals surface area contributed by atoms with Crippen LogP contribution in [0.5, 0.6) is 0 Å². The van der Waals surface area contributed by atoms with Crippen LogP contribution in [0, 0.1) is 5.82 Å². The molecule has 2 unspecified atom stereocenters. The van der Waals surface area contributed by atoms with Crippen molar-refractivity contribution in [3.8, 4) is 0 Å². The Bertz CT molecular complexity index is 1030. The number of ether oxygens (including phenoxy) is 1. The molecular weight excluding hydrogens is 401 g/mol. The fourth-order valence-electron chi connectivity index (χ4n) is 4.30. The Morgan fingerprint density at radius 3 is 2.57 bits per heavy atom. The molecule has 6 heteroatoms. The summed E-state index contributed by atoms with van der Waals surface area (Å²) >= 11 is 1.65. The van der Waals surface area contributed by atoms with Gasteiger partial charge in [-0.2, -0.15) is 0 Å². The van der Waals surface area contributed by atoms with Crippen LogP contribution in [0.1, 0.15) is 55.9 Å². The summed E-state index contributed by atoms with van der Waals surface area (Å²) in [5.74, 6) is -1.25. The van der Waals surface area contributed by atoms with Crippen molar-refractivity contribution in [2.24, 2.45) is 0 Å². The Hall–Kier alpha value is -2.73. The van der Waals surface area contributed by atoms with Crippen LogP contribution in [0.2, 0.25) is 0 Å². The fourth-order valence-corrected chi connectivity index (χ4v) is 5.13. The highest BCUT2D eigenvalue weighted by atomic mass is 32.1. The van der Waals surface area contributed by atoms with E-state index in [1.54, 1.807) is 37.3 Å². The molecule has 30 heavy (non-hydrogen) atoms. The van der Waals surface area contributed by atoms with Crippen LogP contribution in [0.25, 0.3) is 0 Å². The summed E-state index contributed by atoms with van der Waals surface area (Å²) in [5, 5.41) is 5.34. The Kier molecular flexibility index (Phi) is 5.60. The van der Waals surface area contributed by atoms with Crippen LogP contribution in [0.3, 0.4) is 0 Å². The van der Waals surface area contributed by atoms with Gasteiger partial charge in [-0.25, -0.2) is 9.18 Å². The summed E-state index contributed by atoms with van der Waals surface area (Å²) in [6.07, 6.45) is 0.806. The van der Waals surface area contributed by atoms with Crippen molar-refractivity contribution in [2.45, 2.75) is 51.6 Å². The van der Waals surface area contributed by atoms with Gasteiger partial charge in [-0.3, -0.25) is 4.79 Å². The zero-order valence-electron chi connectivity index (χ0n) is 17.2. The third-order valence-electron chi connectivity index (χ3n) is 5.54. The molecule has 2 heterocycles. The SMILES string of the molecule is CC1=C(C(=O)OC(C)C)C(c2ccc(F)cc2)C2=C(CC(c3cccs3)CC2=O)N1. The number of dihydropyridines is 1. The van der Waals surface area contributed by atoms with E-state index in [1.165, 1.54) is 17.0 Å². The third kappa shape index (κ3) is 3.84. The van der Waals surface area contributed by atoms with Gasteiger partial charge in [0.25, 0.3) is 0 Å². The van der Waals surface area contributed by atoms with Crippen LogP contribution in [0.4, 0.5) is 4.39 Å². The van der Waals surface area contributed by atoms with E-state index in [1.807, 2.05) is 18.4 Å². The second-order valence-electron chi connectivity index (χ2n) is 8.04. The van der Waals surface area contributed by atoms with E-state index in [2.05, 4.69) is 11.4 Å². The number of carbonyl (C=O) groups excluding carboxylic acids is 2. The second-order valence-corrected chi connectivity index (χ2v) is 9.02. The van der Waals surface area contributed by atoms with Crippen molar-refractivity contribution in [1.29, 1.82) is 0 Å². The van der Waals surface area contributed by atoms with E-state index in [-0.39, 0.29) is 23.6 Å². The molecule has 0 amide bonds. The maximum atomic E-state index is 13.6. The first-order chi connectivity index (χ1) is 14.3. The third-order valence-corrected chi connectivity index (χ3v) is 6.57. The van der Waals surface area contributed by atoms with Crippen LogP contribution in [0.15, 0.2) is 64.3 Å². The highest BCUT2D eigenvalue weighted by Crippen LogP contribution is 2.46. The fraction of sp³-hybridized carbons (Fsp3) is 0.333. The zero-order valence-corrected chi connectivity index (χ0v) is 18.0. The second kappa shape index (κ2) is 8.19. The number of benzene rings is 1. The van der Waals surface area contributed by atoms with Crippen molar-refractivity contribution < 1.29 is 18.7 Å². The molecule has 0 bridgehead atoms. The molecule has 1 aromatic heterocycles. The van der Waals surface area contributed by atoms with Gasteiger partial charge in [0.15, 0.2) is 5.78 Å². The Morgan fingerprint density at radius 2 is 1.93 bits per heavy atom. The lowest BCUT2D eigenvalue weighted by Gasteiger charge is -2.36. The number of Topliss-reactive ketones (excluding diaryl/α,β-unsaturated/α-hetero) is 1. The summed E-state index contributed by atoms with van der Waals surface area (Å²) in [4.78, 5) is 27.5. The Morgan fingerprint density at radius 1 is 1.20 bits per heavy atom. The van der Waals surface area contributed by atoms with E-state index in [9.17, 15) is 14.0 Å². The minimum absolute atomic E-state index is 0.0128. The molecule has 156 valence electrons. The number of hydrogen-bond donors (Lipinski definition) is 1. The smallest absolute Gasteiger partial charge is 0.337 e. The molecule has 2 aliphatic rings. The number of thiophene rings is 1. The van der Waals surface area contributed by atoms with Crippen LogP contribution < -0.4 is 5.32 Å². The summed E-state index contributed by atoms with van der Waals surface area (Å²) in [5.41, 5.74) is 3.24. The molecule has 1 aromatic carbocycles. The monoisotopic (exact) mass is 425 g/mol. The maximum absolute atomic E-state index is 13.6. The largest absolute Gasteiger partial charge is 0.460 e. The van der Waals surface area contributed by atoms with E-state index < -0.39 is 11.9 Å². The molecule has 0 radical (unpaired) electrons. The minimum Gasteiger partial charge on any atom is -0.460 e. The number of rotatable bonds is 4. The highest BCUT2D eigenvalue weighted by molar-refractivity contribution is 7.10. The molecule has 1 aliphatic heterocycles. The summed E-state index contributed by atoms with van der Waals surface area (Å²) in [6, 6.07) is 10.1. The van der Waals surface area contributed by atoms with Crippen LogP contribution >= 0.6 is 11.3 Å². The molecule has 0 saturated heterocycles. The van der Waals surface area contributed by atoms with E-state index >= 15 is 0 Å². The van der Waals surface area contributed by atoms with Gasteiger partial charge in [0.2, 0.25) is 0 Å². The molecule has 0 saturated carbocycles. The lowest BCUT2D eigenvalue weighted by atomic mass is 9.72.